The number of aryl methyl sites for hydroxylation is 3. The van der Waals surface area contributed by atoms with Gasteiger partial charge >= 0.3 is 0 Å². The lowest BCUT2D eigenvalue weighted by atomic mass is 9.81. The van der Waals surface area contributed by atoms with Gasteiger partial charge in [-0.1, -0.05) is 146 Å². The summed E-state index contributed by atoms with van der Waals surface area (Å²) >= 11 is 10.0. The molecule has 0 amide bonds. The van der Waals surface area contributed by atoms with Gasteiger partial charge in [0, 0.05) is 59.8 Å². The van der Waals surface area contributed by atoms with Crippen LogP contribution in [0.15, 0.2) is 157 Å². The molecule has 0 saturated heterocycles. The van der Waals surface area contributed by atoms with Crippen molar-refractivity contribution in [3.63, 3.8) is 0 Å². The molecule has 0 fully saturated rings. The number of hydrogen-bond acceptors (Lipinski definition) is 3. The van der Waals surface area contributed by atoms with Crippen LogP contribution in [0.3, 0.4) is 0 Å². The zero-order valence-electron chi connectivity index (χ0n) is 45.3. The lowest BCUT2D eigenvalue weighted by Gasteiger charge is -2.32. The van der Waals surface area contributed by atoms with Crippen LogP contribution in [0.4, 0.5) is 34.1 Å². The maximum atomic E-state index is 8.26. The Labute approximate surface area is 448 Å². The molecule has 74 heavy (non-hydrogen) atoms. The van der Waals surface area contributed by atoms with Gasteiger partial charge in [-0.05, 0) is 192 Å². The number of hydrogen-bond donors (Lipinski definition) is 0. The van der Waals surface area contributed by atoms with Gasteiger partial charge in [0.15, 0.2) is 0 Å². The average molecular weight is 1010 g/mol. The van der Waals surface area contributed by atoms with Crippen LogP contribution < -0.4 is 9.80 Å². The molecule has 8 aromatic carbocycles. The van der Waals surface area contributed by atoms with Crippen molar-refractivity contribution in [2.45, 2.75) is 124 Å². The fourth-order valence-corrected chi connectivity index (χ4v) is 13.6. The Kier molecular flexibility index (Phi) is 11.3. The Hall–Kier alpha value is -6.59. The topological polar surface area (TPSA) is 11.4 Å². The van der Waals surface area contributed by atoms with Crippen molar-refractivity contribution in [1.29, 1.82) is 0 Å². The van der Waals surface area contributed by atoms with Gasteiger partial charge in [0.2, 0.25) is 0 Å². The number of fused-ring (bicyclic) bond motifs is 9. The first-order chi connectivity index (χ1) is 35.2. The van der Waals surface area contributed by atoms with E-state index in [2.05, 4.69) is 254 Å². The summed E-state index contributed by atoms with van der Waals surface area (Å²) in [6.07, 6.45) is 3.49. The third-order valence-corrected chi connectivity index (χ3v) is 17.6. The fourth-order valence-electron chi connectivity index (χ4n) is 12.4. The molecule has 0 N–H and O–H groups in total. The van der Waals surface area contributed by atoms with E-state index in [0.29, 0.717) is 5.02 Å². The Morgan fingerprint density at radius 3 is 1.96 bits per heavy atom. The lowest BCUT2D eigenvalue weighted by molar-refractivity contribution is 0.423. The largest absolute Gasteiger partial charge is 0.335 e. The highest BCUT2D eigenvalue weighted by atomic mass is 35.5. The molecule has 2 aliphatic rings. The number of aromatic nitrogens is 1. The predicted octanol–water partition coefficient (Wildman–Crippen LogP) is 20.7. The molecule has 12 rings (SSSR count). The van der Waals surface area contributed by atoms with Crippen molar-refractivity contribution in [2.24, 2.45) is 0 Å². The van der Waals surface area contributed by atoms with Crippen molar-refractivity contribution in [1.82, 2.24) is 4.57 Å². The third-order valence-electron chi connectivity index (χ3n) is 16.3. The van der Waals surface area contributed by atoms with Crippen molar-refractivity contribution in [2.75, 3.05) is 9.80 Å². The van der Waals surface area contributed by atoms with Crippen molar-refractivity contribution in [3.05, 3.63) is 201 Å². The normalized spacial score (nSPS) is 14.2. The first-order valence-electron chi connectivity index (χ1n) is 26.6. The van der Waals surface area contributed by atoms with Crippen LogP contribution in [-0.2, 0) is 34.6 Å². The summed E-state index contributed by atoms with van der Waals surface area (Å²) in [5.41, 5.74) is 22.9. The number of anilines is 6. The van der Waals surface area contributed by atoms with Gasteiger partial charge in [0.1, 0.15) is 0 Å². The lowest BCUT2D eigenvalue weighted by Crippen LogP contribution is -2.21. The molecule has 0 radical (unpaired) electrons. The van der Waals surface area contributed by atoms with Crippen LogP contribution in [0.2, 0.25) is 5.02 Å². The zero-order chi connectivity index (χ0) is 51.8. The van der Waals surface area contributed by atoms with Crippen LogP contribution in [0.1, 0.15) is 122 Å². The highest BCUT2D eigenvalue weighted by molar-refractivity contribution is 7.17. The molecular weight excluding hydrogens is 938 g/mol. The van der Waals surface area contributed by atoms with Crippen LogP contribution >= 0.6 is 22.9 Å². The summed E-state index contributed by atoms with van der Waals surface area (Å²) in [6, 6.07) is 57.7. The molecule has 0 atom stereocenters. The highest BCUT2D eigenvalue weighted by Crippen LogP contribution is 2.53. The summed E-state index contributed by atoms with van der Waals surface area (Å²) in [4.78, 5) is 4.84. The molecule has 10 aromatic rings. The van der Waals surface area contributed by atoms with E-state index < -0.39 is 0 Å². The van der Waals surface area contributed by atoms with E-state index in [9.17, 15) is 0 Å². The van der Waals surface area contributed by atoms with E-state index in [1.165, 1.54) is 88.4 Å². The van der Waals surface area contributed by atoms with Crippen molar-refractivity contribution >= 4 is 89.0 Å². The first-order valence-corrected chi connectivity index (χ1v) is 27.9. The number of rotatable bonds is 7. The van der Waals surface area contributed by atoms with E-state index >= 15 is 0 Å². The Balaban J connectivity index is 1.08. The standard InChI is InChI=1S/C69H68ClN3S/c1-42-35-60(71(48-28-25-46(26-29-48)66(2,3)4)50-30-32-54-59(40-50)73(68(8,9)10)58-33-24-43-17-16-21-51(43)64(54)58)65(70)61(36-42)72(62-41-74-63-34-27-47(39-55(62)63)67(5,6)7)49-19-15-18-44(37-49)45-23-31-53-52-20-13-14-22-56(52)69(11,12)57(53)38-45/h13-15,18-20,22-41H,16-17,21H2,1-12H3. The van der Waals surface area contributed by atoms with E-state index in [1.54, 1.807) is 11.3 Å². The van der Waals surface area contributed by atoms with Gasteiger partial charge in [-0.25, -0.2) is 0 Å². The van der Waals surface area contributed by atoms with Crippen LogP contribution in [0.5, 0.6) is 0 Å². The Morgan fingerprint density at radius 2 is 1.22 bits per heavy atom. The van der Waals surface area contributed by atoms with E-state index in [4.69, 9.17) is 11.6 Å². The molecule has 0 saturated carbocycles. The molecule has 2 heterocycles. The molecule has 2 aromatic heterocycles. The van der Waals surface area contributed by atoms with Crippen molar-refractivity contribution < 1.29 is 0 Å². The SMILES string of the molecule is Cc1cc(N(c2ccc(C(C)(C)C)cc2)c2ccc3c4c5c(ccc4n(C(C)(C)C)c3c2)CCC5)c(Cl)c(N(c2cccc(-c3ccc4c(c3)C(C)(C)c3ccccc3-4)c2)c2csc3ccc(C(C)(C)C)cc23)c1. The third kappa shape index (κ3) is 7.89. The molecule has 0 spiro atoms. The summed E-state index contributed by atoms with van der Waals surface area (Å²) in [6.45, 7) is 27.7. The molecule has 3 nitrogen and oxygen atoms in total. The maximum Gasteiger partial charge on any atom is 0.0887 e. The maximum absolute atomic E-state index is 8.26. The summed E-state index contributed by atoms with van der Waals surface area (Å²) in [5, 5.41) is 6.95. The summed E-state index contributed by atoms with van der Waals surface area (Å²) in [7, 11) is 0. The minimum atomic E-state index is -0.162. The summed E-state index contributed by atoms with van der Waals surface area (Å²) in [5.74, 6) is 0. The zero-order valence-corrected chi connectivity index (χ0v) is 46.8. The number of thiophene rings is 1. The predicted molar refractivity (Wildman–Crippen MR) is 321 cm³/mol. The van der Waals surface area contributed by atoms with Crippen LogP contribution in [0, 0.1) is 6.92 Å². The van der Waals surface area contributed by atoms with E-state index in [1.807, 2.05) is 0 Å². The molecule has 0 aliphatic heterocycles. The van der Waals surface area contributed by atoms with Crippen molar-refractivity contribution in [3.8, 4) is 22.3 Å². The minimum Gasteiger partial charge on any atom is -0.335 e. The Bertz CT molecular complexity index is 3880. The quantitative estimate of drug-likeness (QED) is 0.158. The summed E-state index contributed by atoms with van der Waals surface area (Å²) < 4.78 is 3.82. The molecule has 372 valence electrons. The Morgan fingerprint density at radius 1 is 0.541 bits per heavy atom. The monoisotopic (exact) mass is 1010 g/mol. The second-order valence-electron chi connectivity index (χ2n) is 24.8. The van der Waals surface area contributed by atoms with Gasteiger partial charge in [-0.15, -0.1) is 11.3 Å². The number of halogens is 1. The smallest absolute Gasteiger partial charge is 0.0887 e. The second kappa shape index (κ2) is 17.2. The average Bonchev–Trinajstić information content (AvgIpc) is 4.15. The van der Waals surface area contributed by atoms with Gasteiger partial charge in [-0.3, -0.25) is 0 Å². The minimum absolute atomic E-state index is 0.00345. The molecule has 0 unspecified atom stereocenters. The molecule has 5 heteroatoms. The van der Waals surface area contributed by atoms with Gasteiger partial charge in [0.05, 0.1) is 27.6 Å². The number of benzene rings is 8. The van der Waals surface area contributed by atoms with Gasteiger partial charge in [-0.2, -0.15) is 0 Å². The highest BCUT2D eigenvalue weighted by Gasteiger charge is 2.36. The molecule has 2 aliphatic carbocycles. The fraction of sp³-hybridized carbons (Fsp3) is 0.275. The number of nitrogens with zero attached hydrogens (tertiary/aromatic N) is 3. The second-order valence-corrected chi connectivity index (χ2v) is 26.1. The van der Waals surface area contributed by atoms with Gasteiger partial charge < -0.3 is 14.4 Å². The van der Waals surface area contributed by atoms with Crippen LogP contribution in [-0.4, -0.2) is 4.57 Å². The first kappa shape index (κ1) is 48.4. The van der Waals surface area contributed by atoms with Crippen LogP contribution in [0.25, 0.3) is 54.1 Å². The van der Waals surface area contributed by atoms with Gasteiger partial charge in [0.25, 0.3) is 0 Å². The van der Waals surface area contributed by atoms with E-state index in [-0.39, 0.29) is 21.8 Å². The van der Waals surface area contributed by atoms with E-state index in [0.717, 1.165) is 58.1 Å². The molecule has 0 bridgehead atoms. The molecular formula is C69H68ClN3S.